The molecule has 1 aromatic carbocycles. The van der Waals surface area contributed by atoms with Crippen LogP contribution < -0.4 is 10.6 Å². The molecule has 0 unspecified atom stereocenters. The van der Waals surface area contributed by atoms with Crippen LogP contribution in [0.2, 0.25) is 0 Å². The fourth-order valence-electron chi connectivity index (χ4n) is 1.63. The molecule has 0 aliphatic heterocycles. The summed E-state index contributed by atoms with van der Waals surface area (Å²) < 4.78 is 14.0. The average molecular weight is 259 g/mol. The fourth-order valence-corrected chi connectivity index (χ4v) is 1.63. The molecule has 2 aromatic rings. The van der Waals surface area contributed by atoms with Crippen LogP contribution in [-0.4, -0.2) is 17.4 Å². The Labute approximate surface area is 110 Å². The van der Waals surface area contributed by atoms with Gasteiger partial charge in [-0.15, -0.1) is 0 Å². The van der Waals surface area contributed by atoms with E-state index in [2.05, 4.69) is 15.6 Å². The van der Waals surface area contributed by atoms with Crippen molar-refractivity contribution in [3.05, 3.63) is 54.0 Å². The van der Waals surface area contributed by atoms with Crippen molar-refractivity contribution in [2.75, 3.05) is 17.2 Å². The minimum Gasteiger partial charge on any atom is -0.368 e. The van der Waals surface area contributed by atoms with E-state index in [1.807, 2.05) is 13.0 Å². The van der Waals surface area contributed by atoms with Gasteiger partial charge in [0, 0.05) is 18.4 Å². The number of carbonyl (C=O) groups excluding carboxylic acids is 1. The molecular formula is C14H14FN3O. The summed E-state index contributed by atoms with van der Waals surface area (Å²) in [5.74, 6) is -1.05. The topological polar surface area (TPSA) is 54.0 Å². The highest BCUT2D eigenvalue weighted by molar-refractivity contribution is 6.04. The van der Waals surface area contributed by atoms with Crippen LogP contribution in [0.3, 0.4) is 0 Å². The Kier molecular flexibility index (Phi) is 4.07. The molecule has 1 aromatic heterocycles. The number of pyridine rings is 1. The second-order valence-electron chi connectivity index (χ2n) is 3.87. The summed E-state index contributed by atoms with van der Waals surface area (Å²) >= 11 is 0. The lowest BCUT2D eigenvalue weighted by Gasteiger charge is -2.09. The smallest absolute Gasteiger partial charge is 0.258 e. The highest BCUT2D eigenvalue weighted by atomic mass is 19.1. The summed E-state index contributed by atoms with van der Waals surface area (Å²) in [7, 11) is 0. The highest BCUT2D eigenvalue weighted by Gasteiger charge is 2.15. The van der Waals surface area contributed by atoms with Crippen molar-refractivity contribution in [3.63, 3.8) is 0 Å². The van der Waals surface area contributed by atoms with Gasteiger partial charge >= 0.3 is 0 Å². The minimum absolute atomic E-state index is 0.0326. The standard InChI is InChI=1S/C14H14FN3O/c1-2-16-13-12(15)11(8-9-17-13)14(19)18-10-6-4-3-5-7-10/h3-9H,2H2,1H3,(H,16,17)(H,18,19). The Morgan fingerprint density at radius 3 is 2.68 bits per heavy atom. The van der Waals surface area contributed by atoms with Gasteiger partial charge in [-0.2, -0.15) is 0 Å². The van der Waals surface area contributed by atoms with Gasteiger partial charge in [0.2, 0.25) is 0 Å². The zero-order valence-electron chi connectivity index (χ0n) is 10.5. The van der Waals surface area contributed by atoms with Gasteiger partial charge < -0.3 is 10.6 Å². The number of hydrogen-bond donors (Lipinski definition) is 2. The summed E-state index contributed by atoms with van der Waals surface area (Å²) in [6, 6.07) is 10.3. The number of carbonyl (C=O) groups is 1. The van der Waals surface area contributed by atoms with Crippen LogP contribution in [0, 0.1) is 5.82 Å². The molecule has 0 spiro atoms. The van der Waals surface area contributed by atoms with Crippen molar-refractivity contribution in [1.82, 2.24) is 4.98 Å². The summed E-state index contributed by atoms with van der Waals surface area (Å²) in [6.45, 7) is 2.37. The third-order valence-corrected chi connectivity index (χ3v) is 2.51. The van der Waals surface area contributed by atoms with E-state index in [1.165, 1.54) is 12.3 Å². The van der Waals surface area contributed by atoms with E-state index < -0.39 is 11.7 Å². The maximum absolute atomic E-state index is 14.0. The molecule has 0 bridgehead atoms. The molecule has 0 aliphatic rings. The molecule has 1 amide bonds. The van der Waals surface area contributed by atoms with Crippen LogP contribution in [-0.2, 0) is 0 Å². The average Bonchev–Trinajstić information content (AvgIpc) is 2.42. The Morgan fingerprint density at radius 2 is 2.00 bits per heavy atom. The number of hydrogen-bond acceptors (Lipinski definition) is 3. The predicted molar refractivity (Wildman–Crippen MR) is 72.8 cm³/mol. The maximum Gasteiger partial charge on any atom is 0.258 e. The van der Waals surface area contributed by atoms with Crippen molar-refractivity contribution in [1.29, 1.82) is 0 Å². The third kappa shape index (κ3) is 3.07. The number of nitrogens with zero attached hydrogens (tertiary/aromatic N) is 1. The number of amides is 1. The molecule has 2 rings (SSSR count). The first-order chi connectivity index (χ1) is 9.22. The van der Waals surface area contributed by atoms with Crippen LogP contribution in [0.1, 0.15) is 17.3 Å². The number of rotatable bonds is 4. The molecule has 0 atom stereocenters. The Bertz CT molecular complexity index is 572. The van der Waals surface area contributed by atoms with Gasteiger partial charge in [0.1, 0.15) is 0 Å². The first-order valence-electron chi connectivity index (χ1n) is 5.97. The zero-order valence-corrected chi connectivity index (χ0v) is 10.5. The van der Waals surface area contributed by atoms with Crippen molar-refractivity contribution in [2.24, 2.45) is 0 Å². The van der Waals surface area contributed by atoms with Crippen LogP contribution in [0.25, 0.3) is 0 Å². The summed E-state index contributed by atoms with van der Waals surface area (Å²) in [4.78, 5) is 15.8. The second-order valence-corrected chi connectivity index (χ2v) is 3.87. The van der Waals surface area contributed by atoms with E-state index in [1.54, 1.807) is 24.3 Å². The van der Waals surface area contributed by atoms with E-state index >= 15 is 0 Å². The lowest BCUT2D eigenvalue weighted by molar-refractivity contribution is 0.102. The van der Waals surface area contributed by atoms with Gasteiger partial charge in [-0.3, -0.25) is 4.79 Å². The summed E-state index contributed by atoms with van der Waals surface area (Å²) in [5.41, 5.74) is 0.587. The van der Waals surface area contributed by atoms with E-state index in [0.29, 0.717) is 12.2 Å². The maximum atomic E-state index is 14.0. The second kappa shape index (κ2) is 5.95. The lowest BCUT2D eigenvalue weighted by atomic mass is 10.2. The molecule has 98 valence electrons. The van der Waals surface area contributed by atoms with E-state index in [9.17, 15) is 9.18 Å². The number of halogens is 1. The highest BCUT2D eigenvalue weighted by Crippen LogP contribution is 2.16. The first kappa shape index (κ1) is 13.0. The van der Waals surface area contributed by atoms with Crippen LogP contribution >= 0.6 is 0 Å². The molecule has 0 radical (unpaired) electrons. The Hall–Kier alpha value is -2.43. The number of benzene rings is 1. The number of anilines is 2. The van der Waals surface area contributed by atoms with Gasteiger partial charge in [0.05, 0.1) is 5.56 Å². The monoisotopic (exact) mass is 259 g/mol. The number of para-hydroxylation sites is 1. The third-order valence-electron chi connectivity index (χ3n) is 2.51. The van der Waals surface area contributed by atoms with Gasteiger partial charge in [0.25, 0.3) is 5.91 Å². The lowest BCUT2D eigenvalue weighted by Crippen LogP contribution is -2.15. The van der Waals surface area contributed by atoms with Gasteiger partial charge in [0.15, 0.2) is 11.6 Å². The number of aromatic nitrogens is 1. The SMILES string of the molecule is CCNc1nccc(C(=O)Nc2ccccc2)c1F. The van der Waals surface area contributed by atoms with Crippen LogP contribution in [0.5, 0.6) is 0 Å². The normalized spacial score (nSPS) is 10.0. The molecule has 5 heteroatoms. The van der Waals surface area contributed by atoms with Crippen molar-refractivity contribution >= 4 is 17.4 Å². The van der Waals surface area contributed by atoms with Crippen LogP contribution in [0.4, 0.5) is 15.9 Å². The summed E-state index contributed by atoms with van der Waals surface area (Å²) in [5, 5.41) is 5.40. The van der Waals surface area contributed by atoms with E-state index in [-0.39, 0.29) is 11.4 Å². The fraction of sp³-hybridized carbons (Fsp3) is 0.143. The van der Waals surface area contributed by atoms with Crippen LogP contribution in [0.15, 0.2) is 42.6 Å². The molecule has 1 heterocycles. The quantitative estimate of drug-likeness (QED) is 0.887. The largest absolute Gasteiger partial charge is 0.368 e. The molecule has 4 nitrogen and oxygen atoms in total. The van der Waals surface area contributed by atoms with Crippen molar-refractivity contribution in [2.45, 2.75) is 6.92 Å². The molecule has 0 aliphatic carbocycles. The predicted octanol–water partition coefficient (Wildman–Crippen LogP) is 2.90. The first-order valence-corrected chi connectivity index (χ1v) is 5.97. The Balaban J connectivity index is 2.22. The van der Waals surface area contributed by atoms with E-state index in [0.717, 1.165) is 0 Å². The summed E-state index contributed by atoms with van der Waals surface area (Å²) in [6.07, 6.45) is 1.40. The van der Waals surface area contributed by atoms with Gasteiger partial charge in [-0.25, -0.2) is 9.37 Å². The molecule has 19 heavy (non-hydrogen) atoms. The van der Waals surface area contributed by atoms with Crippen molar-refractivity contribution < 1.29 is 9.18 Å². The Morgan fingerprint density at radius 1 is 1.26 bits per heavy atom. The molecule has 0 saturated carbocycles. The molecule has 0 fully saturated rings. The minimum atomic E-state index is -0.641. The zero-order chi connectivity index (χ0) is 13.7. The van der Waals surface area contributed by atoms with Gasteiger partial charge in [-0.1, -0.05) is 18.2 Å². The van der Waals surface area contributed by atoms with Gasteiger partial charge in [-0.05, 0) is 25.1 Å². The molecule has 2 N–H and O–H groups in total. The molecule has 0 saturated heterocycles. The number of nitrogens with one attached hydrogen (secondary N) is 2. The van der Waals surface area contributed by atoms with E-state index in [4.69, 9.17) is 0 Å². The van der Waals surface area contributed by atoms with Crippen molar-refractivity contribution in [3.8, 4) is 0 Å². The molecular weight excluding hydrogens is 245 g/mol.